The van der Waals surface area contributed by atoms with Gasteiger partial charge < -0.3 is 0 Å². The van der Waals surface area contributed by atoms with Gasteiger partial charge in [0.1, 0.15) is 5.78 Å². The van der Waals surface area contributed by atoms with E-state index in [1.165, 1.54) is 11.1 Å². The molecule has 0 saturated carbocycles. The van der Waals surface area contributed by atoms with Crippen molar-refractivity contribution in [2.45, 2.75) is 26.2 Å². The van der Waals surface area contributed by atoms with Crippen LogP contribution in [0.25, 0.3) is 0 Å². The van der Waals surface area contributed by atoms with Gasteiger partial charge >= 0.3 is 0 Å². The number of Topliss-reactive ketones (excluding diaryl/α,β-unsaturated/α-hetero) is 1. The number of rotatable bonds is 5. The predicted octanol–water partition coefficient (Wildman–Crippen LogP) is 5.05. The van der Waals surface area contributed by atoms with Crippen LogP contribution in [0, 0.1) is 6.92 Å². The fourth-order valence-electron chi connectivity index (χ4n) is 2.12. The van der Waals surface area contributed by atoms with Crippen LogP contribution < -0.4 is 0 Å². The summed E-state index contributed by atoms with van der Waals surface area (Å²) < 4.78 is 0. The van der Waals surface area contributed by atoms with E-state index in [4.69, 9.17) is 23.2 Å². The molecule has 20 heavy (non-hydrogen) atoms. The van der Waals surface area contributed by atoms with Crippen molar-refractivity contribution in [3.05, 3.63) is 69.2 Å². The van der Waals surface area contributed by atoms with Crippen molar-refractivity contribution in [2.75, 3.05) is 0 Å². The van der Waals surface area contributed by atoms with Gasteiger partial charge in [0.25, 0.3) is 0 Å². The summed E-state index contributed by atoms with van der Waals surface area (Å²) in [5, 5.41) is 1.01. The summed E-state index contributed by atoms with van der Waals surface area (Å²) in [6, 6.07) is 13.6. The van der Waals surface area contributed by atoms with Crippen molar-refractivity contribution in [3.63, 3.8) is 0 Å². The van der Waals surface area contributed by atoms with Crippen LogP contribution in [0.15, 0.2) is 42.5 Å². The lowest BCUT2D eigenvalue weighted by Gasteiger charge is -2.04. The maximum absolute atomic E-state index is 12.0. The molecule has 0 aromatic heterocycles. The third-order valence-electron chi connectivity index (χ3n) is 3.16. The summed E-state index contributed by atoms with van der Waals surface area (Å²) >= 11 is 11.8. The average molecular weight is 307 g/mol. The number of ketones is 1. The molecule has 0 saturated heterocycles. The van der Waals surface area contributed by atoms with E-state index >= 15 is 0 Å². The lowest BCUT2D eigenvalue weighted by molar-refractivity contribution is -0.118. The first-order valence-corrected chi connectivity index (χ1v) is 7.31. The Morgan fingerprint density at radius 2 is 1.80 bits per heavy atom. The normalized spacial score (nSPS) is 10.6. The van der Waals surface area contributed by atoms with Crippen LogP contribution in [0.4, 0.5) is 0 Å². The molecule has 3 heteroatoms. The predicted molar refractivity (Wildman–Crippen MR) is 84.7 cm³/mol. The van der Waals surface area contributed by atoms with Crippen LogP contribution in [0.3, 0.4) is 0 Å². The largest absolute Gasteiger partial charge is 0.299 e. The second-order valence-electron chi connectivity index (χ2n) is 4.95. The molecule has 0 aliphatic heterocycles. The lowest BCUT2D eigenvalue weighted by Crippen LogP contribution is -2.04. The molecule has 0 heterocycles. The second kappa shape index (κ2) is 6.92. The molecular formula is C17H16Cl2O. The van der Waals surface area contributed by atoms with E-state index in [-0.39, 0.29) is 5.78 Å². The van der Waals surface area contributed by atoms with Crippen molar-refractivity contribution >= 4 is 29.0 Å². The highest BCUT2D eigenvalue weighted by Gasteiger charge is 2.06. The Kier molecular flexibility index (Phi) is 5.22. The van der Waals surface area contributed by atoms with Crippen LogP contribution in [0.5, 0.6) is 0 Å². The number of hydrogen-bond acceptors (Lipinski definition) is 1. The van der Waals surface area contributed by atoms with Crippen molar-refractivity contribution in [2.24, 2.45) is 0 Å². The van der Waals surface area contributed by atoms with Crippen LogP contribution in [-0.2, 0) is 17.6 Å². The topological polar surface area (TPSA) is 17.1 Å². The van der Waals surface area contributed by atoms with E-state index in [0.29, 0.717) is 22.9 Å². The fourth-order valence-corrected chi connectivity index (χ4v) is 2.44. The van der Waals surface area contributed by atoms with Crippen LogP contribution in [-0.4, -0.2) is 5.78 Å². The zero-order valence-corrected chi connectivity index (χ0v) is 12.8. The Hall–Kier alpha value is -1.31. The molecule has 104 valence electrons. The molecule has 0 fully saturated rings. The average Bonchev–Trinajstić information content (AvgIpc) is 2.41. The molecule has 2 aromatic carbocycles. The maximum Gasteiger partial charge on any atom is 0.137 e. The van der Waals surface area contributed by atoms with Gasteiger partial charge in [0, 0.05) is 12.8 Å². The van der Waals surface area contributed by atoms with E-state index in [0.717, 1.165) is 12.0 Å². The second-order valence-corrected chi connectivity index (χ2v) is 5.77. The third kappa shape index (κ3) is 4.36. The molecule has 0 aliphatic rings. The summed E-state index contributed by atoms with van der Waals surface area (Å²) in [6.45, 7) is 2.06. The summed E-state index contributed by atoms with van der Waals surface area (Å²) in [5.74, 6) is 0.213. The molecule has 1 nitrogen and oxygen atoms in total. The van der Waals surface area contributed by atoms with Crippen molar-refractivity contribution in [1.29, 1.82) is 0 Å². The van der Waals surface area contributed by atoms with Crippen LogP contribution >= 0.6 is 23.2 Å². The maximum atomic E-state index is 12.0. The van der Waals surface area contributed by atoms with E-state index < -0.39 is 0 Å². The van der Waals surface area contributed by atoms with Gasteiger partial charge in [0.05, 0.1) is 10.0 Å². The van der Waals surface area contributed by atoms with E-state index in [1.54, 1.807) is 12.1 Å². The van der Waals surface area contributed by atoms with Gasteiger partial charge in [0.15, 0.2) is 0 Å². The van der Waals surface area contributed by atoms with Gasteiger partial charge in [-0.3, -0.25) is 4.79 Å². The minimum Gasteiger partial charge on any atom is -0.299 e. The number of carbonyl (C=O) groups is 1. The van der Waals surface area contributed by atoms with Gasteiger partial charge in [-0.05, 0) is 36.6 Å². The quantitative estimate of drug-likeness (QED) is 0.755. The fraction of sp³-hybridized carbons (Fsp3) is 0.235. The van der Waals surface area contributed by atoms with Gasteiger partial charge in [0.2, 0.25) is 0 Å². The number of halogens is 2. The Morgan fingerprint density at radius 1 is 1.00 bits per heavy atom. The minimum absolute atomic E-state index is 0.213. The number of aryl methyl sites for hydroxylation is 2. The summed E-state index contributed by atoms with van der Waals surface area (Å²) in [5.41, 5.74) is 3.33. The molecule has 0 spiro atoms. The highest BCUT2D eigenvalue weighted by Crippen LogP contribution is 2.23. The zero-order chi connectivity index (χ0) is 14.5. The SMILES string of the molecule is Cc1cccc(CCC(=O)Cc2ccc(Cl)c(Cl)c2)c1. The molecule has 0 amide bonds. The minimum atomic E-state index is 0.213. The van der Waals surface area contributed by atoms with Gasteiger partial charge in [-0.15, -0.1) is 0 Å². The number of benzene rings is 2. The van der Waals surface area contributed by atoms with Crippen molar-refractivity contribution in [1.82, 2.24) is 0 Å². The third-order valence-corrected chi connectivity index (χ3v) is 3.90. The first-order chi connectivity index (χ1) is 9.54. The lowest BCUT2D eigenvalue weighted by atomic mass is 10.0. The number of carbonyl (C=O) groups excluding carboxylic acids is 1. The van der Waals surface area contributed by atoms with Crippen LogP contribution in [0.2, 0.25) is 10.0 Å². The Bertz CT molecular complexity index is 620. The highest BCUT2D eigenvalue weighted by atomic mass is 35.5. The highest BCUT2D eigenvalue weighted by molar-refractivity contribution is 6.42. The van der Waals surface area contributed by atoms with E-state index in [1.807, 2.05) is 12.1 Å². The molecule has 0 N–H and O–H groups in total. The molecule has 0 radical (unpaired) electrons. The molecule has 0 bridgehead atoms. The van der Waals surface area contributed by atoms with Crippen molar-refractivity contribution in [3.8, 4) is 0 Å². The Balaban J connectivity index is 1.91. The smallest absolute Gasteiger partial charge is 0.137 e. The zero-order valence-electron chi connectivity index (χ0n) is 11.3. The molecule has 2 rings (SSSR count). The summed E-state index contributed by atoms with van der Waals surface area (Å²) in [6.07, 6.45) is 1.73. The van der Waals surface area contributed by atoms with Crippen LogP contribution in [0.1, 0.15) is 23.1 Å². The molecule has 0 unspecified atom stereocenters. The molecule has 0 atom stereocenters. The molecule has 0 aliphatic carbocycles. The first-order valence-electron chi connectivity index (χ1n) is 6.56. The van der Waals surface area contributed by atoms with E-state index in [2.05, 4.69) is 25.1 Å². The van der Waals surface area contributed by atoms with Crippen molar-refractivity contribution < 1.29 is 4.79 Å². The summed E-state index contributed by atoms with van der Waals surface area (Å²) in [4.78, 5) is 12.0. The standard InChI is InChI=1S/C17H16Cl2O/c1-12-3-2-4-13(9-12)5-7-15(20)10-14-6-8-16(18)17(19)11-14/h2-4,6,8-9,11H,5,7,10H2,1H3. The van der Waals surface area contributed by atoms with Gasteiger partial charge in [-0.25, -0.2) is 0 Å². The van der Waals surface area contributed by atoms with E-state index in [9.17, 15) is 4.79 Å². The summed E-state index contributed by atoms with van der Waals surface area (Å²) in [7, 11) is 0. The first kappa shape index (κ1) is 15.1. The Morgan fingerprint density at radius 3 is 2.50 bits per heavy atom. The van der Waals surface area contributed by atoms with Gasteiger partial charge in [-0.2, -0.15) is 0 Å². The number of hydrogen-bond donors (Lipinski definition) is 0. The molecular weight excluding hydrogens is 291 g/mol. The molecule has 2 aromatic rings. The van der Waals surface area contributed by atoms with Gasteiger partial charge in [-0.1, -0.05) is 59.1 Å². The Labute approximate surface area is 129 Å². The monoisotopic (exact) mass is 306 g/mol.